The summed E-state index contributed by atoms with van der Waals surface area (Å²) in [6.07, 6.45) is 6.51. The fraction of sp³-hybridized carbons (Fsp3) is 0.308. The number of hydrogen-bond acceptors (Lipinski definition) is 4. The van der Waals surface area contributed by atoms with E-state index >= 15 is 0 Å². The average Bonchev–Trinajstić information content (AvgIpc) is 3.63. The summed E-state index contributed by atoms with van der Waals surface area (Å²) in [5.74, 6) is 8.48. The van der Waals surface area contributed by atoms with E-state index in [9.17, 15) is 0 Å². The molecule has 0 amide bonds. The smallest absolute Gasteiger partial charge is 0.124 e. The Labute approximate surface area is 187 Å². The molecule has 0 aliphatic carbocycles. The van der Waals surface area contributed by atoms with Gasteiger partial charge < -0.3 is 20.6 Å². The molecule has 0 radical (unpaired) electrons. The summed E-state index contributed by atoms with van der Waals surface area (Å²) >= 11 is 0. The minimum Gasteiger partial charge on any atom is -0.341 e. The van der Waals surface area contributed by atoms with Gasteiger partial charge in [0.05, 0.1) is 29.3 Å². The maximum absolute atomic E-state index is 4.78. The zero-order chi connectivity index (χ0) is 21.3. The lowest BCUT2D eigenvalue weighted by atomic mass is 10.0. The van der Waals surface area contributed by atoms with Crippen molar-refractivity contribution in [2.75, 3.05) is 13.1 Å². The van der Waals surface area contributed by atoms with E-state index < -0.39 is 0 Å². The number of fused-ring (bicyclic) bond motifs is 1. The van der Waals surface area contributed by atoms with Crippen molar-refractivity contribution in [2.45, 2.75) is 37.8 Å². The number of H-pyrrole nitrogens is 2. The van der Waals surface area contributed by atoms with Crippen LogP contribution in [-0.4, -0.2) is 33.0 Å². The topological polar surface area (TPSA) is 81.4 Å². The van der Waals surface area contributed by atoms with Crippen molar-refractivity contribution in [3.63, 3.8) is 0 Å². The van der Waals surface area contributed by atoms with Crippen LogP contribution in [0.2, 0.25) is 0 Å². The molecule has 0 bridgehead atoms. The van der Waals surface area contributed by atoms with E-state index in [4.69, 9.17) is 4.98 Å². The van der Waals surface area contributed by atoms with E-state index in [0.717, 1.165) is 59.9 Å². The highest BCUT2D eigenvalue weighted by Crippen LogP contribution is 2.27. The Morgan fingerprint density at radius 3 is 2.28 bits per heavy atom. The van der Waals surface area contributed by atoms with Crippen LogP contribution in [0.15, 0.2) is 48.7 Å². The summed E-state index contributed by atoms with van der Waals surface area (Å²) in [5.41, 5.74) is 6.29. The fourth-order valence-corrected chi connectivity index (χ4v) is 4.67. The van der Waals surface area contributed by atoms with Gasteiger partial charge in [-0.25, -0.2) is 9.97 Å². The summed E-state index contributed by atoms with van der Waals surface area (Å²) in [5, 5.41) is 6.97. The van der Waals surface area contributed by atoms with Gasteiger partial charge in [0, 0.05) is 5.56 Å². The zero-order valence-corrected chi connectivity index (χ0v) is 17.9. The van der Waals surface area contributed by atoms with Gasteiger partial charge in [-0.2, -0.15) is 0 Å². The van der Waals surface area contributed by atoms with Gasteiger partial charge in [-0.15, -0.1) is 0 Å². The molecule has 2 aliphatic rings. The second-order valence-corrected chi connectivity index (χ2v) is 8.66. The van der Waals surface area contributed by atoms with Crippen molar-refractivity contribution < 1.29 is 0 Å². The van der Waals surface area contributed by atoms with Crippen LogP contribution in [0.4, 0.5) is 0 Å². The molecule has 32 heavy (non-hydrogen) atoms. The third-order valence-electron chi connectivity index (χ3n) is 6.44. The van der Waals surface area contributed by atoms with Crippen LogP contribution in [0.5, 0.6) is 0 Å². The Balaban J connectivity index is 1.19. The first kappa shape index (κ1) is 19.3. The molecule has 2 atom stereocenters. The van der Waals surface area contributed by atoms with Gasteiger partial charge in [0.2, 0.25) is 0 Å². The fourth-order valence-electron chi connectivity index (χ4n) is 4.67. The SMILES string of the molecule is C(#Cc1cnc([C@@H]2CCCN2)[nH]1)c1ccc(-c2ccc3nc([C@@H]4CCCN4)[nH]c3c2)cc1. The molecule has 4 aromatic rings. The molecule has 6 nitrogen and oxygen atoms in total. The molecule has 0 unspecified atom stereocenters. The molecule has 2 aliphatic heterocycles. The second kappa shape index (κ2) is 8.27. The number of imidazole rings is 2. The molecule has 160 valence electrons. The predicted molar refractivity (Wildman–Crippen MR) is 126 cm³/mol. The Morgan fingerprint density at radius 1 is 0.781 bits per heavy atom. The van der Waals surface area contributed by atoms with E-state index in [1.807, 2.05) is 6.20 Å². The maximum atomic E-state index is 4.78. The van der Waals surface area contributed by atoms with Crippen LogP contribution in [0.3, 0.4) is 0 Å². The van der Waals surface area contributed by atoms with Gasteiger partial charge in [0.15, 0.2) is 0 Å². The number of hydrogen-bond donors (Lipinski definition) is 4. The lowest BCUT2D eigenvalue weighted by Crippen LogP contribution is -2.14. The van der Waals surface area contributed by atoms with Crippen molar-refractivity contribution in [3.05, 3.63) is 71.6 Å². The molecule has 2 saturated heterocycles. The Hall–Kier alpha value is -3.40. The minimum absolute atomic E-state index is 0.336. The number of aromatic nitrogens is 4. The van der Waals surface area contributed by atoms with Crippen LogP contribution >= 0.6 is 0 Å². The molecule has 2 fully saturated rings. The molecule has 0 saturated carbocycles. The Kier molecular flexibility index (Phi) is 4.99. The summed E-state index contributed by atoms with van der Waals surface area (Å²) in [4.78, 5) is 16.1. The van der Waals surface area contributed by atoms with E-state index in [1.165, 1.54) is 24.0 Å². The van der Waals surface area contributed by atoms with Crippen molar-refractivity contribution in [1.82, 2.24) is 30.6 Å². The number of rotatable bonds is 3. The standard InChI is InChI=1S/C26H26N6/c1-3-22(27-13-1)25-29-16-20(30-25)11-7-17-5-8-18(9-6-17)19-10-12-21-24(15-19)32-26(31-21)23-4-2-14-28-23/h5-6,8-10,12,15-16,22-23,27-28H,1-4,13-14H2,(H,29,30)(H,31,32)/t22-,23-/m0/s1. The minimum atomic E-state index is 0.336. The second-order valence-electron chi connectivity index (χ2n) is 8.66. The molecule has 0 spiro atoms. The van der Waals surface area contributed by atoms with Crippen molar-refractivity contribution in [3.8, 4) is 23.0 Å². The lowest BCUT2D eigenvalue weighted by Gasteiger charge is -2.04. The lowest BCUT2D eigenvalue weighted by molar-refractivity contribution is 0.612. The van der Waals surface area contributed by atoms with Crippen LogP contribution < -0.4 is 10.6 Å². The van der Waals surface area contributed by atoms with Crippen molar-refractivity contribution in [2.24, 2.45) is 0 Å². The summed E-state index contributed by atoms with van der Waals surface area (Å²) in [6.45, 7) is 2.13. The molecular formula is C26H26N6. The van der Waals surface area contributed by atoms with Gasteiger partial charge in [-0.1, -0.05) is 24.1 Å². The van der Waals surface area contributed by atoms with E-state index in [1.54, 1.807) is 0 Å². The highest BCUT2D eigenvalue weighted by atomic mass is 15.0. The Morgan fingerprint density at radius 2 is 1.53 bits per heavy atom. The quantitative estimate of drug-likeness (QED) is 0.373. The molecular weight excluding hydrogens is 396 g/mol. The van der Waals surface area contributed by atoms with Gasteiger partial charge in [0.1, 0.15) is 17.3 Å². The monoisotopic (exact) mass is 422 g/mol. The van der Waals surface area contributed by atoms with E-state index in [2.05, 4.69) is 79.9 Å². The molecule has 4 N–H and O–H groups in total. The van der Waals surface area contributed by atoms with Gasteiger partial charge in [-0.3, -0.25) is 0 Å². The highest BCUT2D eigenvalue weighted by Gasteiger charge is 2.20. The van der Waals surface area contributed by atoms with Gasteiger partial charge in [0.25, 0.3) is 0 Å². The van der Waals surface area contributed by atoms with E-state index in [-0.39, 0.29) is 0 Å². The van der Waals surface area contributed by atoms with Gasteiger partial charge in [-0.05, 0) is 80.1 Å². The number of nitrogens with one attached hydrogen (secondary N) is 4. The zero-order valence-electron chi connectivity index (χ0n) is 17.9. The number of nitrogens with zero attached hydrogens (tertiary/aromatic N) is 2. The average molecular weight is 423 g/mol. The Bertz CT molecular complexity index is 1290. The van der Waals surface area contributed by atoms with Gasteiger partial charge >= 0.3 is 0 Å². The van der Waals surface area contributed by atoms with E-state index in [0.29, 0.717) is 12.1 Å². The largest absolute Gasteiger partial charge is 0.341 e. The first-order valence-corrected chi connectivity index (χ1v) is 11.5. The molecule has 6 heteroatoms. The van der Waals surface area contributed by atoms with Crippen molar-refractivity contribution in [1.29, 1.82) is 0 Å². The van der Waals surface area contributed by atoms with Crippen LogP contribution in [0.25, 0.3) is 22.2 Å². The number of benzene rings is 2. The summed E-state index contributed by atoms with van der Waals surface area (Å²) in [6, 6.07) is 15.5. The third-order valence-corrected chi connectivity index (χ3v) is 6.44. The van der Waals surface area contributed by atoms with Crippen LogP contribution in [0.1, 0.15) is 60.7 Å². The predicted octanol–water partition coefficient (Wildman–Crippen LogP) is 4.20. The molecule has 2 aromatic carbocycles. The van der Waals surface area contributed by atoms with Crippen LogP contribution in [-0.2, 0) is 0 Å². The molecule has 4 heterocycles. The van der Waals surface area contributed by atoms with Crippen molar-refractivity contribution >= 4 is 11.0 Å². The first-order valence-electron chi connectivity index (χ1n) is 11.5. The maximum Gasteiger partial charge on any atom is 0.124 e. The highest BCUT2D eigenvalue weighted by molar-refractivity contribution is 5.82. The normalized spacial score (nSPS) is 20.5. The third kappa shape index (κ3) is 3.81. The first-order chi connectivity index (χ1) is 15.8. The number of aromatic amines is 2. The summed E-state index contributed by atoms with van der Waals surface area (Å²) in [7, 11) is 0. The molecule has 2 aromatic heterocycles. The summed E-state index contributed by atoms with van der Waals surface area (Å²) < 4.78 is 0. The molecule has 6 rings (SSSR count). The van der Waals surface area contributed by atoms with Crippen LogP contribution in [0, 0.1) is 11.8 Å².